The highest BCUT2D eigenvalue weighted by atomic mass is 15.0. The van der Waals surface area contributed by atoms with Crippen molar-refractivity contribution in [3.8, 4) is 11.4 Å². The summed E-state index contributed by atoms with van der Waals surface area (Å²) in [6, 6.07) is 9.53. The van der Waals surface area contributed by atoms with Crippen LogP contribution in [0.4, 0.5) is 5.95 Å². The van der Waals surface area contributed by atoms with E-state index in [0.29, 0.717) is 5.95 Å². The van der Waals surface area contributed by atoms with E-state index in [4.69, 9.17) is 5.73 Å². The Kier molecular flexibility index (Phi) is 1.22. The maximum absolute atomic E-state index is 5.41. The number of aromatic nitrogens is 2. The average molecular weight is 145 g/mol. The van der Waals surface area contributed by atoms with Crippen LogP contribution >= 0.6 is 0 Å². The quantitative estimate of drug-likeness (QED) is 0.605. The molecule has 0 saturated carbocycles. The second kappa shape index (κ2) is 2.20. The third-order valence-corrected chi connectivity index (χ3v) is 1.46. The molecule has 2 rings (SSSR count). The highest BCUT2D eigenvalue weighted by Crippen LogP contribution is 2.16. The van der Waals surface area contributed by atoms with Gasteiger partial charge in [0.1, 0.15) is 0 Å². The molecule has 1 aliphatic heterocycles. The SMILES string of the molecule is Nc1nc2cccccc-2n1. The summed E-state index contributed by atoms with van der Waals surface area (Å²) in [6.45, 7) is 0. The van der Waals surface area contributed by atoms with Crippen LogP contribution in [0.15, 0.2) is 30.3 Å². The number of nitrogen functional groups attached to an aromatic ring is 1. The van der Waals surface area contributed by atoms with Crippen LogP contribution < -0.4 is 5.73 Å². The Morgan fingerprint density at radius 3 is 2.00 bits per heavy atom. The molecule has 0 atom stereocenters. The first-order valence-corrected chi connectivity index (χ1v) is 3.34. The smallest absolute Gasteiger partial charge is 0.221 e. The van der Waals surface area contributed by atoms with Gasteiger partial charge in [-0.1, -0.05) is 18.2 Å². The number of imidazole rings is 1. The van der Waals surface area contributed by atoms with Gasteiger partial charge >= 0.3 is 0 Å². The van der Waals surface area contributed by atoms with Crippen LogP contribution in [-0.4, -0.2) is 9.97 Å². The number of hydrogen-bond donors (Lipinski definition) is 1. The molecule has 0 aromatic heterocycles. The summed E-state index contributed by atoms with van der Waals surface area (Å²) in [5.74, 6) is 0.339. The second-order valence-electron chi connectivity index (χ2n) is 2.26. The van der Waals surface area contributed by atoms with Crippen LogP contribution in [0.3, 0.4) is 0 Å². The van der Waals surface area contributed by atoms with Crippen molar-refractivity contribution in [2.75, 3.05) is 5.73 Å². The molecule has 0 aromatic carbocycles. The topological polar surface area (TPSA) is 51.8 Å². The first-order chi connectivity index (χ1) is 5.36. The fraction of sp³-hybridized carbons (Fsp3) is 0. The van der Waals surface area contributed by atoms with Gasteiger partial charge in [-0.05, 0) is 12.1 Å². The minimum atomic E-state index is 0.339. The maximum atomic E-state index is 5.41. The molecule has 1 aliphatic carbocycles. The van der Waals surface area contributed by atoms with E-state index in [-0.39, 0.29) is 0 Å². The largest absolute Gasteiger partial charge is 0.368 e. The van der Waals surface area contributed by atoms with E-state index in [9.17, 15) is 0 Å². The fourth-order valence-electron chi connectivity index (χ4n) is 0.989. The van der Waals surface area contributed by atoms with Gasteiger partial charge in [0.25, 0.3) is 0 Å². The van der Waals surface area contributed by atoms with Crippen molar-refractivity contribution in [1.29, 1.82) is 0 Å². The number of rotatable bonds is 0. The normalized spacial score (nSPS) is 10.2. The highest BCUT2D eigenvalue weighted by Gasteiger charge is 2.03. The van der Waals surface area contributed by atoms with Crippen LogP contribution in [0.5, 0.6) is 0 Å². The van der Waals surface area contributed by atoms with E-state index in [1.807, 2.05) is 30.3 Å². The summed E-state index contributed by atoms with van der Waals surface area (Å²) in [5.41, 5.74) is 7.09. The van der Waals surface area contributed by atoms with Gasteiger partial charge < -0.3 is 5.73 Å². The lowest BCUT2D eigenvalue weighted by molar-refractivity contribution is 1.34. The predicted octanol–water partition coefficient (Wildman–Crippen LogP) is 1.16. The maximum Gasteiger partial charge on any atom is 0.221 e. The van der Waals surface area contributed by atoms with Gasteiger partial charge in [0.2, 0.25) is 5.95 Å². The van der Waals surface area contributed by atoms with Gasteiger partial charge in [0.15, 0.2) is 0 Å². The molecule has 0 bridgehead atoms. The summed E-state index contributed by atoms with van der Waals surface area (Å²) in [7, 11) is 0. The van der Waals surface area contributed by atoms with Crippen molar-refractivity contribution in [3.05, 3.63) is 30.3 Å². The van der Waals surface area contributed by atoms with Crippen LogP contribution in [0.25, 0.3) is 11.4 Å². The minimum absolute atomic E-state index is 0.339. The number of anilines is 1. The Labute approximate surface area is 64.2 Å². The summed E-state index contributed by atoms with van der Waals surface area (Å²) < 4.78 is 0. The first kappa shape index (κ1) is 6.09. The molecule has 1 heterocycles. The molecule has 0 spiro atoms. The molecule has 3 heteroatoms. The monoisotopic (exact) mass is 145 g/mol. The average Bonchev–Trinajstić information content (AvgIpc) is 2.17. The van der Waals surface area contributed by atoms with E-state index < -0.39 is 0 Å². The molecule has 2 N–H and O–H groups in total. The van der Waals surface area contributed by atoms with E-state index in [1.165, 1.54) is 0 Å². The third kappa shape index (κ3) is 1.00. The van der Waals surface area contributed by atoms with Crippen molar-refractivity contribution in [1.82, 2.24) is 9.97 Å². The van der Waals surface area contributed by atoms with E-state index in [1.54, 1.807) is 0 Å². The summed E-state index contributed by atoms with van der Waals surface area (Å²) in [5, 5.41) is 0. The van der Waals surface area contributed by atoms with Gasteiger partial charge in [0, 0.05) is 0 Å². The number of hydrogen-bond acceptors (Lipinski definition) is 3. The highest BCUT2D eigenvalue weighted by molar-refractivity contribution is 5.58. The number of nitrogens with two attached hydrogens (primary N) is 1. The molecule has 0 amide bonds. The molecule has 0 unspecified atom stereocenters. The van der Waals surface area contributed by atoms with E-state index in [2.05, 4.69) is 9.97 Å². The molecule has 54 valence electrons. The zero-order valence-corrected chi connectivity index (χ0v) is 5.86. The molecule has 0 radical (unpaired) electrons. The van der Waals surface area contributed by atoms with E-state index in [0.717, 1.165) is 11.4 Å². The number of fused-ring (bicyclic) bond motifs is 1. The predicted molar refractivity (Wildman–Crippen MR) is 43.1 cm³/mol. The molecule has 2 aliphatic rings. The minimum Gasteiger partial charge on any atom is -0.368 e. The van der Waals surface area contributed by atoms with Crippen LogP contribution in [-0.2, 0) is 0 Å². The molecule has 0 fully saturated rings. The van der Waals surface area contributed by atoms with Crippen molar-refractivity contribution in [2.24, 2.45) is 0 Å². The lowest BCUT2D eigenvalue weighted by Gasteiger charge is -1.80. The van der Waals surface area contributed by atoms with Crippen LogP contribution in [0.2, 0.25) is 0 Å². The van der Waals surface area contributed by atoms with Gasteiger partial charge in [-0.3, -0.25) is 0 Å². The molecular weight excluding hydrogens is 138 g/mol. The van der Waals surface area contributed by atoms with E-state index >= 15 is 0 Å². The third-order valence-electron chi connectivity index (χ3n) is 1.46. The van der Waals surface area contributed by atoms with Crippen molar-refractivity contribution in [3.63, 3.8) is 0 Å². The van der Waals surface area contributed by atoms with Crippen molar-refractivity contribution < 1.29 is 0 Å². The van der Waals surface area contributed by atoms with Crippen molar-refractivity contribution >= 4 is 5.95 Å². The fourth-order valence-corrected chi connectivity index (χ4v) is 0.989. The van der Waals surface area contributed by atoms with Crippen LogP contribution in [0, 0.1) is 0 Å². The Bertz CT molecular complexity index is 315. The van der Waals surface area contributed by atoms with Gasteiger partial charge in [-0.2, -0.15) is 0 Å². The van der Waals surface area contributed by atoms with Crippen LogP contribution in [0.1, 0.15) is 0 Å². The second-order valence-corrected chi connectivity index (χ2v) is 2.26. The Morgan fingerprint density at radius 1 is 0.909 bits per heavy atom. The van der Waals surface area contributed by atoms with Gasteiger partial charge in [0.05, 0.1) is 11.4 Å². The zero-order chi connectivity index (χ0) is 7.68. The molecule has 11 heavy (non-hydrogen) atoms. The molecule has 0 aromatic rings. The lowest BCUT2D eigenvalue weighted by atomic mass is 10.3. The van der Waals surface area contributed by atoms with Gasteiger partial charge in [-0.25, -0.2) is 9.97 Å². The molecule has 0 saturated heterocycles. The Hall–Kier alpha value is -1.64. The van der Waals surface area contributed by atoms with Crippen molar-refractivity contribution in [2.45, 2.75) is 0 Å². The number of nitrogens with zero attached hydrogens (tertiary/aromatic N) is 2. The van der Waals surface area contributed by atoms with Gasteiger partial charge in [-0.15, -0.1) is 0 Å². The molecule has 3 nitrogen and oxygen atoms in total. The first-order valence-electron chi connectivity index (χ1n) is 3.34. The standard InChI is InChI=1S/C8H7N3/c9-8-10-6-4-2-1-3-5-7(6)11-8/h1-5H,(H2,9,10,11). The molecular formula is C8H7N3. The lowest BCUT2D eigenvalue weighted by Crippen LogP contribution is -1.83. The summed E-state index contributed by atoms with van der Waals surface area (Å²) in [6.07, 6.45) is 0. The Morgan fingerprint density at radius 2 is 1.45 bits per heavy atom. The summed E-state index contributed by atoms with van der Waals surface area (Å²) in [4.78, 5) is 8.04. The zero-order valence-electron chi connectivity index (χ0n) is 5.86. The summed E-state index contributed by atoms with van der Waals surface area (Å²) >= 11 is 0. The Balaban J connectivity index is 2.73.